The molecule has 0 atom stereocenters. The summed E-state index contributed by atoms with van der Waals surface area (Å²) in [6.45, 7) is 3.30. The summed E-state index contributed by atoms with van der Waals surface area (Å²) >= 11 is 3.11. The van der Waals surface area contributed by atoms with Crippen molar-refractivity contribution >= 4 is 27.7 Å². The molecule has 0 radical (unpaired) electrons. The number of unbranched alkanes of at least 4 members (excludes halogenated alkanes) is 15. The minimum atomic E-state index is -0.544. The van der Waals surface area contributed by atoms with E-state index in [1.807, 2.05) is 0 Å². The third-order valence-electron chi connectivity index (χ3n) is 5.79. The highest BCUT2D eigenvalue weighted by Crippen LogP contribution is 2.22. The van der Waals surface area contributed by atoms with Gasteiger partial charge in [-0.05, 0) is 27.3 Å². The van der Waals surface area contributed by atoms with E-state index >= 15 is 0 Å². The van der Waals surface area contributed by atoms with Crippen LogP contribution in [0, 0.1) is 10.1 Å². The largest absolute Gasteiger partial charge is 0.404 e. The highest BCUT2D eigenvalue weighted by atomic mass is 79.9. The number of carbonyl (C=O) groups is 1. The Hall–Kier alpha value is -1.44. The van der Waals surface area contributed by atoms with Crippen molar-refractivity contribution in [3.8, 4) is 0 Å². The van der Waals surface area contributed by atoms with Gasteiger partial charge in [-0.15, -0.1) is 0 Å². The monoisotopic (exact) mass is 514 g/mol. The molecule has 32 heavy (non-hydrogen) atoms. The smallest absolute Gasteiger partial charge is 0.358 e. The Bertz CT molecular complexity index is 637. The second-order valence-corrected chi connectivity index (χ2v) is 9.58. The van der Waals surface area contributed by atoms with Crippen LogP contribution >= 0.6 is 15.9 Å². The lowest BCUT2D eigenvalue weighted by atomic mass is 10.0. The molecule has 0 bridgehead atoms. The second-order valence-electron chi connectivity index (χ2n) is 8.72. The Morgan fingerprint density at radius 3 is 1.84 bits per heavy atom. The molecule has 1 heterocycles. The van der Waals surface area contributed by atoms with Gasteiger partial charge in [0, 0.05) is 13.0 Å². The van der Waals surface area contributed by atoms with Gasteiger partial charge >= 0.3 is 5.82 Å². The number of aryl methyl sites for hydroxylation is 1. The lowest BCUT2D eigenvalue weighted by Gasteiger charge is -2.05. The summed E-state index contributed by atoms with van der Waals surface area (Å²) in [5.41, 5.74) is 0. The van der Waals surface area contributed by atoms with Crippen molar-refractivity contribution in [2.24, 2.45) is 0 Å². The molecular formula is C24H43BrN4O3. The Labute approximate surface area is 202 Å². The Morgan fingerprint density at radius 1 is 0.938 bits per heavy atom. The molecule has 1 N–H and O–H groups in total. The molecule has 0 unspecified atom stereocenters. The molecule has 1 rings (SSSR count). The maximum Gasteiger partial charge on any atom is 0.404 e. The number of amides is 1. The zero-order chi connectivity index (χ0) is 23.4. The number of hydrogen-bond donors (Lipinski definition) is 1. The molecule has 8 heteroatoms. The van der Waals surface area contributed by atoms with Crippen molar-refractivity contribution in [2.75, 3.05) is 6.54 Å². The number of rotatable bonds is 21. The van der Waals surface area contributed by atoms with Crippen LogP contribution in [-0.4, -0.2) is 27.2 Å². The molecule has 1 aromatic rings. The molecule has 0 aliphatic carbocycles. The lowest BCUT2D eigenvalue weighted by molar-refractivity contribution is -0.390. The Balaban J connectivity index is 1.84. The van der Waals surface area contributed by atoms with Crippen LogP contribution in [0.3, 0.4) is 0 Å². The predicted octanol–water partition coefficient (Wildman–Crippen LogP) is 7.32. The maximum absolute atomic E-state index is 11.9. The second kappa shape index (κ2) is 19.1. The maximum atomic E-state index is 11.9. The summed E-state index contributed by atoms with van der Waals surface area (Å²) in [5, 5.41) is 17.6. The van der Waals surface area contributed by atoms with Crippen molar-refractivity contribution in [1.29, 1.82) is 0 Å². The van der Waals surface area contributed by atoms with Gasteiger partial charge in [0.2, 0.25) is 5.91 Å². The number of halogens is 1. The van der Waals surface area contributed by atoms with Crippen LogP contribution in [0.15, 0.2) is 10.7 Å². The van der Waals surface area contributed by atoms with Gasteiger partial charge < -0.3 is 15.4 Å². The summed E-state index contributed by atoms with van der Waals surface area (Å²) in [4.78, 5) is 22.1. The van der Waals surface area contributed by atoms with E-state index in [4.69, 9.17) is 0 Å². The standard InChI is InChI=1S/C24H43BrN4O3/c1-2-3-4-5-6-7-8-9-10-11-12-13-14-15-16-17-19-26-23(30)18-20-28-21-22(25)24(27-28)29(31)32/h21H,2-20H2,1H3,(H,26,30). The van der Waals surface area contributed by atoms with E-state index in [9.17, 15) is 14.9 Å². The summed E-state index contributed by atoms with van der Waals surface area (Å²) in [5.74, 6) is -0.265. The van der Waals surface area contributed by atoms with Crippen LogP contribution in [0.25, 0.3) is 0 Å². The Morgan fingerprint density at radius 2 is 1.41 bits per heavy atom. The van der Waals surface area contributed by atoms with Gasteiger partial charge in [-0.25, -0.2) is 0 Å². The average molecular weight is 516 g/mol. The molecule has 1 amide bonds. The highest BCUT2D eigenvalue weighted by molar-refractivity contribution is 9.10. The van der Waals surface area contributed by atoms with Gasteiger partial charge in [-0.3, -0.25) is 4.79 Å². The predicted molar refractivity (Wildman–Crippen MR) is 134 cm³/mol. The first kappa shape index (κ1) is 28.6. The topological polar surface area (TPSA) is 90.1 Å². The lowest BCUT2D eigenvalue weighted by Crippen LogP contribution is -2.25. The van der Waals surface area contributed by atoms with E-state index in [0.717, 1.165) is 12.8 Å². The van der Waals surface area contributed by atoms with E-state index in [1.165, 1.54) is 101 Å². The van der Waals surface area contributed by atoms with Gasteiger partial charge in [0.15, 0.2) is 0 Å². The van der Waals surface area contributed by atoms with E-state index in [-0.39, 0.29) is 18.1 Å². The third kappa shape index (κ3) is 14.6. The van der Waals surface area contributed by atoms with E-state index in [0.29, 0.717) is 17.6 Å². The van der Waals surface area contributed by atoms with Crippen LogP contribution in [0.4, 0.5) is 5.82 Å². The minimum Gasteiger partial charge on any atom is -0.358 e. The first-order valence-corrected chi connectivity index (χ1v) is 13.5. The van der Waals surface area contributed by atoms with Crippen molar-refractivity contribution in [3.05, 3.63) is 20.8 Å². The van der Waals surface area contributed by atoms with Crippen molar-refractivity contribution in [2.45, 2.75) is 123 Å². The number of hydrogen-bond acceptors (Lipinski definition) is 4. The van der Waals surface area contributed by atoms with Crippen molar-refractivity contribution < 1.29 is 9.72 Å². The average Bonchev–Trinajstić information content (AvgIpc) is 3.15. The normalized spacial score (nSPS) is 11.1. The van der Waals surface area contributed by atoms with Crippen LogP contribution in [0.5, 0.6) is 0 Å². The molecule has 0 saturated heterocycles. The summed E-state index contributed by atoms with van der Waals surface area (Å²) < 4.78 is 1.76. The molecule has 0 saturated carbocycles. The quantitative estimate of drug-likeness (QED) is 0.105. The van der Waals surface area contributed by atoms with Crippen LogP contribution in [-0.2, 0) is 11.3 Å². The fourth-order valence-corrected chi connectivity index (χ4v) is 4.29. The van der Waals surface area contributed by atoms with Gasteiger partial charge in [0.05, 0.1) is 17.8 Å². The number of nitro groups is 1. The first-order chi connectivity index (χ1) is 15.5. The van der Waals surface area contributed by atoms with Gasteiger partial charge in [0.1, 0.15) is 4.47 Å². The molecule has 0 aliphatic heterocycles. The molecular weight excluding hydrogens is 472 g/mol. The van der Waals surface area contributed by atoms with E-state index in [1.54, 1.807) is 0 Å². The zero-order valence-corrected chi connectivity index (χ0v) is 21.5. The third-order valence-corrected chi connectivity index (χ3v) is 6.35. The van der Waals surface area contributed by atoms with E-state index in [2.05, 4.69) is 33.3 Å². The molecule has 1 aromatic heterocycles. The van der Waals surface area contributed by atoms with Gasteiger partial charge in [0.25, 0.3) is 0 Å². The fourth-order valence-electron chi connectivity index (χ4n) is 3.83. The summed E-state index contributed by atoms with van der Waals surface area (Å²) in [6, 6.07) is 0. The fraction of sp³-hybridized carbons (Fsp3) is 0.833. The molecule has 7 nitrogen and oxygen atoms in total. The van der Waals surface area contributed by atoms with Gasteiger partial charge in [-0.2, -0.15) is 4.68 Å². The number of aromatic nitrogens is 2. The summed E-state index contributed by atoms with van der Waals surface area (Å²) in [7, 11) is 0. The minimum absolute atomic E-state index is 0.0414. The molecule has 184 valence electrons. The van der Waals surface area contributed by atoms with Crippen LogP contribution in [0.1, 0.15) is 116 Å². The van der Waals surface area contributed by atoms with Crippen LogP contribution in [0.2, 0.25) is 0 Å². The van der Waals surface area contributed by atoms with Crippen molar-refractivity contribution in [3.63, 3.8) is 0 Å². The first-order valence-electron chi connectivity index (χ1n) is 12.7. The number of nitrogens with one attached hydrogen (secondary N) is 1. The van der Waals surface area contributed by atoms with Gasteiger partial charge in [-0.1, -0.05) is 103 Å². The van der Waals surface area contributed by atoms with Crippen molar-refractivity contribution in [1.82, 2.24) is 15.1 Å². The molecule has 0 spiro atoms. The SMILES string of the molecule is CCCCCCCCCCCCCCCCCCNC(=O)CCn1cc(Br)c([N+](=O)[O-])n1. The molecule has 0 aliphatic rings. The zero-order valence-electron chi connectivity index (χ0n) is 20.0. The number of carbonyl (C=O) groups excluding carboxylic acids is 1. The number of nitrogens with zero attached hydrogens (tertiary/aromatic N) is 3. The molecule has 0 fully saturated rings. The molecule has 0 aromatic carbocycles. The van der Waals surface area contributed by atoms with E-state index < -0.39 is 4.92 Å². The highest BCUT2D eigenvalue weighted by Gasteiger charge is 2.18. The Kier molecular flexibility index (Phi) is 17.0. The van der Waals surface area contributed by atoms with Crippen LogP contribution < -0.4 is 5.32 Å². The summed E-state index contributed by atoms with van der Waals surface area (Å²) in [6.07, 6.45) is 23.2.